The van der Waals surface area contributed by atoms with Gasteiger partial charge in [0, 0.05) is 16.0 Å². The van der Waals surface area contributed by atoms with E-state index in [2.05, 4.69) is 4.98 Å². The van der Waals surface area contributed by atoms with E-state index in [-0.39, 0.29) is 12.2 Å². The van der Waals surface area contributed by atoms with Gasteiger partial charge in [-0.2, -0.15) is 0 Å². The summed E-state index contributed by atoms with van der Waals surface area (Å²) in [6.45, 7) is 0.0653. The Morgan fingerprint density at radius 1 is 1.03 bits per heavy atom. The van der Waals surface area contributed by atoms with E-state index >= 15 is 0 Å². The van der Waals surface area contributed by atoms with Crippen LogP contribution in [0.3, 0.4) is 0 Å². The Bertz CT molecular complexity index is 1530. The van der Waals surface area contributed by atoms with E-state index < -0.39 is 6.10 Å². The molecule has 0 saturated carbocycles. The number of rotatable bonds is 7. The van der Waals surface area contributed by atoms with E-state index in [1.54, 1.807) is 18.2 Å². The number of hydrogen-bond donors (Lipinski definition) is 1. The predicted octanol–water partition coefficient (Wildman–Crippen LogP) is 5.89. The molecule has 35 heavy (non-hydrogen) atoms. The highest BCUT2D eigenvalue weighted by atomic mass is 35.5. The van der Waals surface area contributed by atoms with Crippen LogP contribution in [0.25, 0.3) is 26.3 Å². The van der Waals surface area contributed by atoms with Crippen LogP contribution < -0.4 is 15.0 Å². The first-order chi connectivity index (χ1) is 17.0. The van der Waals surface area contributed by atoms with Crippen LogP contribution in [0.1, 0.15) is 11.7 Å². The highest BCUT2D eigenvalue weighted by Gasteiger charge is 2.15. The van der Waals surface area contributed by atoms with Gasteiger partial charge in [0.25, 0.3) is 5.56 Å². The van der Waals surface area contributed by atoms with Crippen molar-refractivity contribution in [3.8, 4) is 27.6 Å². The van der Waals surface area contributed by atoms with E-state index in [1.807, 2.05) is 60.7 Å². The van der Waals surface area contributed by atoms with Crippen LogP contribution in [-0.2, 0) is 0 Å². The molecule has 1 atom stereocenters. The van der Waals surface area contributed by atoms with Gasteiger partial charge >= 0.3 is 0 Å². The first kappa shape index (κ1) is 23.1. The number of thiophene rings is 1. The molecule has 0 amide bonds. The second kappa shape index (κ2) is 9.92. The molecular weight excluding hydrogens is 484 g/mol. The first-order valence-corrected chi connectivity index (χ1v) is 12.0. The predicted molar refractivity (Wildman–Crippen MR) is 139 cm³/mol. The van der Waals surface area contributed by atoms with Crippen molar-refractivity contribution in [3.63, 3.8) is 0 Å². The van der Waals surface area contributed by atoms with Crippen LogP contribution in [0.5, 0.6) is 11.5 Å². The zero-order chi connectivity index (χ0) is 24.4. The summed E-state index contributed by atoms with van der Waals surface area (Å²) < 4.78 is 13.3. The van der Waals surface area contributed by atoms with Gasteiger partial charge in [-0.1, -0.05) is 54.1 Å². The van der Waals surface area contributed by atoms with E-state index in [0.717, 1.165) is 16.0 Å². The Labute approximate surface area is 210 Å². The lowest BCUT2D eigenvalue weighted by Gasteiger charge is -2.16. The molecule has 0 radical (unpaired) electrons. The van der Waals surface area contributed by atoms with Crippen molar-refractivity contribution in [2.45, 2.75) is 6.10 Å². The van der Waals surface area contributed by atoms with Crippen molar-refractivity contribution in [1.82, 2.24) is 9.55 Å². The Balaban J connectivity index is 1.42. The summed E-state index contributed by atoms with van der Waals surface area (Å²) in [4.78, 5) is 18.7. The van der Waals surface area contributed by atoms with Gasteiger partial charge in [0.1, 0.15) is 23.7 Å². The normalized spacial score (nSPS) is 12.0. The van der Waals surface area contributed by atoms with E-state index in [0.29, 0.717) is 32.4 Å². The molecule has 2 heterocycles. The fraction of sp³-hybridized carbons (Fsp3) is 0.111. The Morgan fingerprint density at radius 2 is 1.80 bits per heavy atom. The molecule has 1 N–H and O–H groups in total. The number of hydrogen-bond acceptors (Lipinski definition) is 6. The lowest BCUT2D eigenvalue weighted by molar-refractivity contribution is 0.106. The minimum atomic E-state index is -0.775. The maximum Gasteiger partial charge on any atom is 0.275 e. The fourth-order valence-electron chi connectivity index (χ4n) is 3.72. The van der Waals surface area contributed by atoms with Crippen LogP contribution in [0.15, 0.2) is 90.0 Å². The maximum absolute atomic E-state index is 13.3. The quantitative estimate of drug-likeness (QED) is 0.299. The summed E-state index contributed by atoms with van der Waals surface area (Å²) in [6.07, 6.45) is 0.737. The van der Waals surface area contributed by atoms with Gasteiger partial charge in [-0.05, 0) is 41.5 Å². The fourth-order valence-corrected chi connectivity index (χ4v) is 4.89. The molecule has 3 aromatic carbocycles. The Kier molecular flexibility index (Phi) is 6.55. The molecular formula is C27H21ClN2O4S. The molecule has 0 bridgehead atoms. The highest BCUT2D eigenvalue weighted by molar-refractivity contribution is 7.22. The van der Waals surface area contributed by atoms with E-state index in [4.69, 9.17) is 21.1 Å². The van der Waals surface area contributed by atoms with Crippen LogP contribution in [0.4, 0.5) is 0 Å². The summed E-state index contributed by atoms with van der Waals surface area (Å²) in [6, 6.07) is 23.9. The Hall–Kier alpha value is -3.65. The third-order valence-electron chi connectivity index (χ3n) is 5.57. The molecule has 2 aromatic heterocycles. The van der Waals surface area contributed by atoms with Gasteiger partial charge in [-0.3, -0.25) is 9.36 Å². The second-order valence-corrected chi connectivity index (χ2v) is 9.31. The molecule has 8 heteroatoms. The van der Waals surface area contributed by atoms with Gasteiger partial charge < -0.3 is 14.6 Å². The monoisotopic (exact) mass is 504 g/mol. The number of ether oxygens (including phenoxy) is 2. The van der Waals surface area contributed by atoms with Gasteiger partial charge in [0.2, 0.25) is 0 Å². The highest BCUT2D eigenvalue weighted by Crippen LogP contribution is 2.33. The van der Waals surface area contributed by atoms with E-state index in [9.17, 15) is 9.90 Å². The molecule has 1 unspecified atom stereocenters. The van der Waals surface area contributed by atoms with Crippen LogP contribution in [0, 0.1) is 0 Å². The number of aromatic nitrogens is 2. The zero-order valence-corrected chi connectivity index (χ0v) is 20.3. The third kappa shape index (κ3) is 4.79. The van der Waals surface area contributed by atoms with Crippen LogP contribution in [-0.4, -0.2) is 28.4 Å². The summed E-state index contributed by atoms with van der Waals surface area (Å²) in [5, 5.41) is 11.0. The Morgan fingerprint density at radius 3 is 2.54 bits per heavy atom. The van der Waals surface area contributed by atoms with Crippen molar-refractivity contribution in [3.05, 3.63) is 106 Å². The summed E-state index contributed by atoms with van der Waals surface area (Å²) in [5.74, 6) is 0.914. The number of benzene rings is 3. The third-order valence-corrected chi connectivity index (χ3v) is 6.99. The lowest BCUT2D eigenvalue weighted by atomic mass is 10.1. The SMILES string of the molecule is COc1cc(-n2cnc3cc(-c4ccc(Cl)cc4)sc3c2=O)ccc1OCC(O)c1ccccc1. The largest absolute Gasteiger partial charge is 0.493 e. The molecule has 0 saturated heterocycles. The van der Waals surface area contributed by atoms with Gasteiger partial charge in [0.15, 0.2) is 11.5 Å². The van der Waals surface area contributed by atoms with E-state index in [1.165, 1.54) is 29.3 Å². The number of methoxy groups -OCH3 is 1. The van der Waals surface area contributed by atoms with Crippen molar-refractivity contribution in [1.29, 1.82) is 0 Å². The topological polar surface area (TPSA) is 73.6 Å². The molecule has 6 nitrogen and oxygen atoms in total. The van der Waals surface area contributed by atoms with Crippen molar-refractivity contribution in [2.24, 2.45) is 0 Å². The molecule has 0 spiro atoms. The van der Waals surface area contributed by atoms with Crippen molar-refractivity contribution in [2.75, 3.05) is 13.7 Å². The molecule has 5 aromatic rings. The molecule has 0 aliphatic heterocycles. The van der Waals surface area contributed by atoms with Crippen LogP contribution >= 0.6 is 22.9 Å². The standard InChI is InChI=1S/C27H21ClN2O4S/c1-33-24-13-20(11-12-23(24)34-15-22(31)17-5-3-2-4-6-17)30-16-29-21-14-25(35-26(21)27(30)32)18-7-9-19(28)10-8-18/h2-14,16,22,31H,15H2,1H3. The van der Waals surface area contributed by atoms with Crippen molar-refractivity contribution >= 4 is 33.2 Å². The lowest BCUT2D eigenvalue weighted by Crippen LogP contribution is -2.17. The second-order valence-electron chi connectivity index (χ2n) is 7.82. The first-order valence-electron chi connectivity index (χ1n) is 10.8. The van der Waals surface area contributed by atoms with Gasteiger partial charge in [0.05, 0.1) is 18.3 Å². The number of aliphatic hydroxyl groups is 1. The molecule has 0 aliphatic rings. The average molecular weight is 505 g/mol. The maximum atomic E-state index is 13.3. The number of fused-ring (bicyclic) bond motifs is 1. The molecule has 0 aliphatic carbocycles. The van der Waals surface area contributed by atoms with Gasteiger partial charge in [-0.15, -0.1) is 11.3 Å². The molecule has 176 valence electrons. The zero-order valence-electron chi connectivity index (χ0n) is 18.7. The molecule has 0 fully saturated rings. The minimum absolute atomic E-state index is 0.0653. The summed E-state index contributed by atoms with van der Waals surface area (Å²) in [5.41, 5.74) is 2.81. The number of nitrogens with zero attached hydrogens (tertiary/aromatic N) is 2. The number of halogens is 1. The van der Waals surface area contributed by atoms with Crippen molar-refractivity contribution < 1.29 is 14.6 Å². The summed E-state index contributed by atoms with van der Waals surface area (Å²) in [7, 11) is 1.53. The minimum Gasteiger partial charge on any atom is -0.493 e. The smallest absolute Gasteiger partial charge is 0.275 e. The van der Waals surface area contributed by atoms with Crippen LogP contribution in [0.2, 0.25) is 5.02 Å². The average Bonchev–Trinajstić information content (AvgIpc) is 3.34. The summed E-state index contributed by atoms with van der Waals surface area (Å²) >= 11 is 7.39. The van der Waals surface area contributed by atoms with Gasteiger partial charge in [-0.25, -0.2) is 4.98 Å². The number of aliphatic hydroxyl groups excluding tert-OH is 1. The molecule has 5 rings (SSSR count).